The number of aryl methyl sites for hydroxylation is 1. The van der Waals surface area contributed by atoms with Crippen molar-refractivity contribution in [3.8, 4) is 11.5 Å². The second-order valence-corrected chi connectivity index (χ2v) is 5.50. The number of urea groups is 1. The third kappa shape index (κ3) is 5.02. The van der Waals surface area contributed by atoms with E-state index in [0.29, 0.717) is 0 Å². The average molecular weight is 312 g/mol. The highest BCUT2D eigenvalue weighted by atomic mass is 16.5. The van der Waals surface area contributed by atoms with Gasteiger partial charge in [-0.2, -0.15) is 0 Å². The van der Waals surface area contributed by atoms with Gasteiger partial charge in [0.25, 0.3) is 0 Å². The Bertz CT molecular complexity index is 634. The molecule has 2 N–H and O–H groups in total. The van der Waals surface area contributed by atoms with Gasteiger partial charge in [0, 0.05) is 11.7 Å². The van der Waals surface area contributed by atoms with Gasteiger partial charge in [0.05, 0.1) is 0 Å². The quantitative estimate of drug-likeness (QED) is 0.780. The van der Waals surface area contributed by atoms with Gasteiger partial charge in [-0.15, -0.1) is 0 Å². The molecule has 0 aliphatic carbocycles. The van der Waals surface area contributed by atoms with Gasteiger partial charge in [-0.3, -0.25) is 0 Å². The molecule has 2 aromatic carbocycles. The first-order chi connectivity index (χ1) is 11.1. The number of benzene rings is 2. The molecule has 0 atom stereocenters. The summed E-state index contributed by atoms with van der Waals surface area (Å²) in [5.74, 6) is 1.57. The van der Waals surface area contributed by atoms with E-state index in [1.54, 1.807) is 0 Å². The Hall–Kier alpha value is -2.49. The summed E-state index contributed by atoms with van der Waals surface area (Å²) in [5, 5.41) is 5.78. The Labute approximate surface area is 137 Å². The lowest BCUT2D eigenvalue weighted by molar-refractivity contribution is 0.247. The maximum absolute atomic E-state index is 11.9. The van der Waals surface area contributed by atoms with Crippen LogP contribution in [0.3, 0.4) is 0 Å². The molecule has 0 heterocycles. The molecule has 0 aliphatic heterocycles. The topological polar surface area (TPSA) is 50.4 Å². The fourth-order valence-corrected chi connectivity index (χ4v) is 2.25. The second-order valence-electron chi connectivity index (χ2n) is 5.50. The minimum absolute atomic E-state index is 0.175. The van der Waals surface area contributed by atoms with E-state index in [4.69, 9.17) is 4.74 Å². The van der Waals surface area contributed by atoms with Crippen LogP contribution in [0.5, 0.6) is 11.5 Å². The number of rotatable bonds is 6. The predicted octanol–water partition coefficient (Wildman–Crippen LogP) is 5.10. The first-order valence-electron chi connectivity index (χ1n) is 8.03. The van der Waals surface area contributed by atoms with Crippen molar-refractivity contribution in [3.05, 3.63) is 54.1 Å². The van der Waals surface area contributed by atoms with Crippen LogP contribution in [0.1, 0.15) is 32.3 Å². The molecule has 2 aromatic rings. The van der Waals surface area contributed by atoms with E-state index in [0.717, 1.165) is 35.6 Å². The molecular formula is C19H24N2O2. The SMILES string of the molecule is CCC(CC)NC(=O)Nc1ccc(Oc2ccccc2C)cc1. The fourth-order valence-electron chi connectivity index (χ4n) is 2.25. The van der Waals surface area contributed by atoms with Crippen LogP contribution in [0.15, 0.2) is 48.5 Å². The molecule has 0 aliphatic rings. The number of para-hydroxylation sites is 1. The van der Waals surface area contributed by atoms with Gasteiger partial charge in [-0.1, -0.05) is 32.0 Å². The number of anilines is 1. The van der Waals surface area contributed by atoms with Gasteiger partial charge in [0.1, 0.15) is 11.5 Å². The standard InChI is InChI=1S/C19H24N2O2/c1-4-15(5-2)20-19(22)21-16-10-12-17(13-11-16)23-18-9-7-6-8-14(18)3/h6-13,15H,4-5H2,1-3H3,(H2,20,21,22). The van der Waals surface area contributed by atoms with Gasteiger partial charge in [0.15, 0.2) is 0 Å². The third-order valence-corrected chi connectivity index (χ3v) is 3.75. The van der Waals surface area contributed by atoms with Gasteiger partial charge in [0.2, 0.25) is 0 Å². The zero-order valence-electron chi connectivity index (χ0n) is 13.9. The average Bonchev–Trinajstić information content (AvgIpc) is 2.56. The number of ether oxygens (including phenoxy) is 1. The summed E-state index contributed by atoms with van der Waals surface area (Å²) < 4.78 is 5.84. The minimum Gasteiger partial charge on any atom is -0.457 e. The van der Waals surface area contributed by atoms with Crippen LogP contribution in [-0.2, 0) is 0 Å². The number of hydrogen-bond donors (Lipinski definition) is 2. The number of carbonyl (C=O) groups is 1. The number of nitrogens with one attached hydrogen (secondary N) is 2. The van der Waals surface area contributed by atoms with Crippen molar-refractivity contribution in [3.63, 3.8) is 0 Å². The van der Waals surface area contributed by atoms with Crippen LogP contribution in [-0.4, -0.2) is 12.1 Å². The minimum atomic E-state index is -0.175. The molecule has 0 saturated heterocycles. The molecule has 0 fully saturated rings. The van der Waals surface area contributed by atoms with E-state index in [9.17, 15) is 4.79 Å². The van der Waals surface area contributed by atoms with E-state index in [1.165, 1.54) is 0 Å². The molecule has 0 saturated carbocycles. The molecule has 4 heteroatoms. The van der Waals surface area contributed by atoms with Crippen LogP contribution >= 0.6 is 0 Å². The smallest absolute Gasteiger partial charge is 0.319 e. The highest BCUT2D eigenvalue weighted by molar-refractivity contribution is 5.89. The summed E-state index contributed by atoms with van der Waals surface area (Å²) in [6.07, 6.45) is 1.85. The highest BCUT2D eigenvalue weighted by Gasteiger charge is 2.08. The van der Waals surface area contributed by atoms with Gasteiger partial charge in [-0.05, 0) is 55.7 Å². The van der Waals surface area contributed by atoms with Crippen molar-refractivity contribution in [1.82, 2.24) is 5.32 Å². The molecule has 23 heavy (non-hydrogen) atoms. The molecule has 0 unspecified atom stereocenters. The van der Waals surface area contributed by atoms with Gasteiger partial charge >= 0.3 is 6.03 Å². The Kier molecular flexibility index (Phi) is 6.03. The van der Waals surface area contributed by atoms with Crippen LogP contribution in [0.4, 0.5) is 10.5 Å². The molecule has 0 aromatic heterocycles. The Morgan fingerprint density at radius 2 is 1.70 bits per heavy atom. The number of hydrogen-bond acceptors (Lipinski definition) is 2. The summed E-state index contributed by atoms with van der Waals surface area (Å²) in [5.41, 5.74) is 1.82. The van der Waals surface area contributed by atoms with E-state index in [1.807, 2.05) is 55.5 Å². The van der Waals surface area contributed by atoms with Crippen molar-refractivity contribution in [2.24, 2.45) is 0 Å². The predicted molar refractivity (Wildman–Crippen MR) is 94.2 cm³/mol. The first kappa shape index (κ1) is 16.9. The van der Waals surface area contributed by atoms with Crippen LogP contribution in [0, 0.1) is 6.92 Å². The van der Waals surface area contributed by atoms with Crippen molar-refractivity contribution in [2.75, 3.05) is 5.32 Å². The summed E-state index contributed by atoms with van der Waals surface area (Å²) in [7, 11) is 0. The molecule has 4 nitrogen and oxygen atoms in total. The van der Waals surface area contributed by atoms with Crippen LogP contribution in [0.25, 0.3) is 0 Å². The summed E-state index contributed by atoms with van der Waals surface area (Å²) in [4.78, 5) is 11.9. The van der Waals surface area contributed by atoms with E-state index in [-0.39, 0.29) is 12.1 Å². The maximum Gasteiger partial charge on any atom is 0.319 e. The zero-order valence-corrected chi connectivity index (χ0v) is 13.9. The molecule has 2 amide bonds. The van der Waals surface area contributed by atoms with Crippen molar-refractivity contribution < 1.29 is 9.53 Å². The molecule has 122 valence electrons. The lowest BCUT2D eigenvalue weighted by Crippen LogP contribution is -2.37. The summed E-state index contributed by atoms with van der Waals surface area (Å²) in [6.45, 7) is 6.13. The van der Waals surface area contributed by atoms with Gasteiger partial charge in [-0.25, -0.2) is 4.79 Å². The lowest BCUT2D eigenvalue weighted by Gasteiger charge is -2.15. The molecule has 0 spiro atoms. The first-order valence-corrected chi connectivity index (χ1v) is 8.03. The Morgan fingerprint density at radius 1 is 1.04 bits per heavy atom. The molecular weight excluding hydrogens is 288 g/mol. The lowest BCUT2D eigenvalue weighted by atomic mass is 10.2. The Balaban J connectivity index is 1.94. The zero-order chi connectivity index (χ0) is 16.7. The Morgan fingerprint density at radius 3 is 2.30 bits per heavy atom. The fraction of sp³-hybridized carbons (Fsp3) is 0.316. The van der Waals surface area contributed by atoms with Crippen molar-refractivity contribution >= 4 is 11.7 Å². The van der Waals surface area contributed by atoms with Gasteiger partial charge < -0.3 is 15.4 Å². The van der Waals surface area contributed by atoms with Crippen LogP contribution < -0.4 is 15.4 Å². The second kappa shape index (κ2) is 8.22. The third-order valence-electron chi connectivity index (χ3n) is 3.75. The largest absolute Gasteiger partial charge is 0.457 e. The summed E-state index contributed by atoms with van der Waals surface area (Å²) >= 11 is 0. The molecule has 2 rings (SSSR count). The van der Waals surface area contributed by atoms with E-state index < -0.39 is 0 Å². The normalized spacial score (nSPS) is 10.4. The number of carbonyl (C=O) groups excluding carboxylic acids is 1. The van der Waals surface area contributed by atoms with E-state index >= 15 is 0 Å². The van der Waals surface area contributed by atoms with Crippen molar-refractivity contribution in [2.45, 2.75) is 39.7 Å². The maximum atomic E-state index is 11.9. The van der Waals surface area contributed by atoms with Crippen LogP contribution in [0.2, 0.25) is 0 Å². The summed E-state index contributed by atoms with van der Waals surface area (Å²) in [6, 6.07) is 15.3. The molecule has 0 radical (unpaired) electrons. The highest BCUT2D eigenvalue weighted by Crippen LogP contribution is 2.25. The van der Waals surface area contributed by atoms with Crippen molar-refractivity contribution in [1.29, 1.82) is 0 Å². The molecule has 0 bridgehead atoms. The monoisotopic (exact) mass is 312 g/mol. The van der Waals surface area contributed by atoms with E-state index in [2.05, 4.69) is 24.5 Å². The number of amides is 2.